The van der Waals surface area contributed by atoms with Crippen LogP contribution in [0.25, 0.3) is 0 Å². The molecule has 0 aliphatic heterocycles. The highest BCUT2D eigenvalue weighted by Crippen LogP contribution is 2.23. The van der Waals surface area contributed by atoms with Gasteiger partial charge in [0, 0.05) is 18.6 Å². The second-order valence-corrected chi connectivity index (χ2v) is 4.58. The first-order valence-corrected chi connectivity index (χ1v) is 6.20. The predicted molar refractivity (Wildman–Crippen MR) is 76.1 cm³/mol. The Kier molecular flexibility index (Phi) is 5.37. The molecule has 18 heavy (non-hydrogen) atoms. The second kappa shape index (κ2) is 6.56. The number of nitrogens with zero attached hydrogens (tertiary/aromatic N) is 1. The third kappa shape index (κ3) is 3.85. The number of rotatable bonds is 5. The molecule has 1 aromatic rings. The van der Waals surface area contributed by atoms with Crippen molar-refractivity contribution in [2.75, 3.05) is 20.2 Å². The third-order valence-corrected chi connectivity index (χ3v) is 2.92. The summed E-state index contributed by atoms with van der Waals surface area (Å²) in [6, 6.07) is 4.94. The minimum absolute atomic E-state index is 0.0692. The molecule has 0 aliphatic carbocycles. The standard InChI is InChI=1S/C12H15ClN2O2S/c1-3-15(2)11(16)7-17-10-6-8(13)4-5-9(10)12(14)18/h4-6H,3,7H2,1-2H3,(H2,14,18). The van der Waals surface area contributed by atoms with Gasteiger partial charge in [0.15, 0.2) is 6.61 Å². The summed E-state index contributed by atoms with van der Waals surface area (Å²) in [4.78, 5) is 13.4. The highest BCUT2D eigenvalue weighted by molar-refractivity contribution is 7.80. The van der Waals surface area contributed by atoms with Crippen LogP contribution in [-0.2, 0) is 4.79 Å². The van der Waals surface area contributed by atoms with E-state index in [0.717, 1.165) is 0 Å². The summed E-state index contributed by atoms with van der Waals surface area (Å²) in [6.07, 6.45) is 0. The number of hydrogen-bond donors (Lipinski definition) is 1. The zero-order valence-electron chi connectivity index (χ0n) is 10.3. The molecule has 4 nitrogen and oxygen atoms in total. The second-order valence-electron chi connectivity index (χ2n) is 3.70. The number of halogens is 1. The van der Waals surface area contributed by atoms with Crippen molar-refractivity contribution < 1.29 is 9.53 Å². The van der Waals surface area contributed by atoms with Gasteiger partial charge in [-0.2, -0.15) is 0 Å². The van der Waals surface area contributed by atoms with Crippen molar-refractivity contribution in [2.45, 2.75) is 6.92 Å². The van der Waals surface area contributed by atoms with Crippen molar-refractivity contribution >= 4 is 34.7 Å². The van der Waals surface area contributed by atoms with Gasteiger partial charge in [-0.3, -0.25) is 4.79 Å². The molecule has 0 fully saturated rings. The molecule has 0 atom stereocenters. The molecule has 98 valence electrons. The first-order chi connectivity index (χ1) is 8.45. The lowest BCUT2D eigenvalue weighted by molar-refractivity contribution is -0.131. The Morgan fingerprint density at radius 2 is 2.22 bits per heavy atom. The van der Waals surface area contributed by atoms with E-state index in [-0.39, 0.29) is 17.5 Å². The number of hydrogen-bond acceptors (Lipinski definition) is 3. The number of nitrogens with two attached hydrogens (primary N) is 1. The van der Waals surface area contributed by atoms with E-state index in [2.05, 4.69) is 0 Å². The van der Waals surface area contributed by atoms with Crippen LogP contribution in [0.15, 0.2) is 18.2 Å². The van der Waals surface area contributed by atoms with Gasteiger partial charge in [0.05, 0.1) is 5.56 Å². The summed E-state index contributed by atoms with van der Waals surface area (Å²) < 4.78 is 5.42. The van der Waals surface area contributed by atoms with Crippen molar-refractivity contribution in [3.63, 3.8) is 0 Å². The number of amides is 1. The molecule has 0 bridgehead atoms. The molecule has 0 heterocycles. The highest BCUT2D eigenvalue weighted by Gasteiger charge is 2.11. The summed E-state index contributed by atoms with van der Waals surface area (Å²) in [6.45, 7) is 2.44. The van der Waals surface area contributed by atoms with Crippen LogP contribution < -0.4 is 10.5 Å². The lowest BCUT2D eigenvalue weighted by Gasteiger charge is -2.16. The third-order valence-electron chi connectivity index (χ3n) is 2.46. The fourth-order valence-corrected chi connectivity index (χ4v) is 1.58. The van der Waals surface area contributed by atoms with E-state index >= 15 is 0 Å². The lowest BCUT2D eigenvalue weighted by Crippen LogP contribution is -2.31. The highest BCUT2D eigenvalue weighted by atomic mass is 35.5. The van der Waals surface area contributed by atoms with Gasteiger partial charge in [0.1, 0.15) is 10.7 Å². The molecule has 0 radical (unpaired) electrons. The van der Waals surface area contributed by atoms with E-state index in [1.807, 2.05) is 6.92 Å². The molecule has 0 saturated carbocycles. The van der Waals surface area contributed by atoms with E-state index in [9.17, 15) is 4.79 Å². The van der Waals surface area contributed by atoms with Crippen molar-refractivity contribution in [1.29, 1.82) is 0 Å². The van der Waals surface area contributed by atoms with E-state index in [4.69, 9.17) is 34.3 Å². The molecular weight excluding hydrogens is 272 g/mol. The van der Waals surface area contributed by atoms with E-state index in [0.29, 0.717) is 22.9 Å². The van der Waals surface area contributed by atoms with Gasteiger partial charge in [-0.15, -0.1) is 0 Å². The van der Waals surface area contributed by atoms with Crippen molar-refractivity contribution in [2.24, 2.45) is 5.73 Å². The van der Waals surface area contributed by atoms with Crippen LogP contribution in [0.5, 0.6) is 5.75 Å². The van der Waals surface area contributed by atoms with Crippen LogP contribution in [0.4, 0.5) is 0 Å². The molecule has 0 aromatic heterocycles. The zero-order chi connectivity index (χ0) is 13.7. The van der Waals surface area contributed by atoms with Gasteiger partial charge < -0.3 is 15.4 Å². The van der Waals surface area contributed by atoms with Crippen molar-refractivity contribution in [1.82, 2.24) is 4.90 Å². The van der Waals surface area contributed by atoms with Gasteiger partial charge in [0.25, 0.3) is 5.91 Å². The molecule has 1 aromatic carbocycles. The number of ether oxygens (including phenoxy) is 1. The minimum atomic E-state index is -0.119. The average Bonchev–Trinajstić information content (AvgIpc) is 2.34. The largest absolute Gasteiger partial charge is 0.483 e. The SMILES string of the molecule is CCN(C)C(=O)COc1cc(Cl)ccc1C(N)=S. The first kappa shape index (κ1) is 14.7. The molecule has 0 saturated heterocycles. The quantitative estimate of drug-likeness (QED) is 0.839. The molecule has 2 N–H and O–H groups in total. The van der Waals surface area contributed by atoms with E-state index < -0.39 is 0 Å². The van der Waals surface area contributed by atoms with Gasteiger partial charge >= 0.3 is 0 Å². The predicted octanol–water partition coefficient (Wildman–Crippen LogP) is 1.83. The van der Waals surface area contributed by atoms with Crippen LogP contribution >= 0.6 is 23.8 Å². The monoisotopic (exact) mass is 286 g/mol. The van der Waals surface area contributed by atoms with E-state index in [1.54, 1.807) is 30.1 Å². The van der Waals surface area contributed by atoms with Gasteiger partial charge in [-0.25, -0.2) is 0 Å². The molecule has 6 heteroatoms. The van der Waals surface area contributed by atoms with Crippen LogP contribution in [0.1, 0.15) is 12.5 Å². The molecular formula is C12H15ClN2O2S. The molecule has 1 rings (SSSR count). The Morgan fingerprint density at radius 3 is 2.78 bits per heavy atom. The van der Waals surface area contributed by atoms with Crippen LogP contribution in [0.3, 0.4) is 0 Å². The summed E-state index contributed by atoms with van der Waals surface area (Å²) in [5.74, 6) is 0.305. The van der Waals surface area contributed by atoms with Crippen molar-refractivity contribution in [3.05, 3.63) is 28.8 Å². The molecule has 1 amide bonds. The maximum atomic E-state index is 11.6. The average molecular weight is 287 g/mol. The fourth-order valence-electron chi connectivity index (χ4n) is 1.25. The Labute approximate surface area is 117 Å². The molecule has 0 spiro atoms. The zero-order valence-corrected chi connectivity index (χ0v) is 11.8. The normalized spacial score (nSPS) is 9.94. The van der Waals surface area contributed by atoms with Gasteiger partial charge in [-0.05, 0) is 25.1 Å². The molecule has 0 aliphatic rings. The number of thiocarbonyl (C=S) groups is 1. The summed E-state index contributed by atoms with van der Waals surface area (Å²) in [5.41, 5.74) is 6.14. The Balaban J connectivity index is 2.81. The summed E-state index contributed by atoms with van der Waals surface area (Å²) >= 11 is 10.8. The maximum absolute atomic E-state index is 11.6. The Bertz CT molecular complexity index is 465. The Morgan fingerprint density at radius 1 is 1.56 bits per heavy atom. The van der Waals surface area contributed by atoms with Gasteiger partial charge in [-0.1, -0.05) is 23.8 Å². The van der Waals surface area contributed by atoms with Crippen LogP contribution in [0.2, 0.25) is 5.02 Å². The van der Waals surface area contributed by atoms with Crippen LogP contribution in [-0.4, -0.2) is 36.0 Å². The number of carbonyl (C=O) groups excluding carboxylic acids is 1. The molecule has 0 unspecified atom stereocenters. The number of benzene rings is 1. The van der Waals surface area contributed by atoms with Gasteiger partial charge in [0.2, 0.25) is 0 Å². The van der Waals surface area contributed by atoms with E-state index in [1.165, 1.54) is 0 Å². The Hall–Kier alpha value is -1.33. The maximum Gasteiger partial charge on any atom is 0.260 e. The first-order valence-electron chi connectivity index (χ1n) is 5.41. The fraction of sp³-hybridized carbons (Fsp3) is 0.333. The van der Waals surface area contributed by atoms with Crippen molar-refractivity contribution in [3.8, 4) is 5.75 Å². The van der Waals surface area contributed by atoms with Crippen LogP contribution in [0, 0.1) is 0 Å². The number of carbonyl (C=O) groups is 1. The minimum Gasteiger partial charge on any atom is -0.483 e. The smallest absolute Gasteiger partial charge is 0.260 e. The number of likely N-dealkylation sites (N-methyl/N-ethyl adjacent to an activating group) is 1. The summed E-state index contributed by atoms with van der Waals surface area (Å²) in [5, 5.41) is 0.501. The lowest BCUT2D eigenvalue weighted by atomic mass is 10.2. The summed E-state index contributed by atoms with van der Waals surface area (Å²) in [7, 11) is 1.71. The topological polar surface area (TPSA) is 55.6 Å².